The van der Waals surface area contributed by atoms with Crippen molar-refractivity contribution in [1.82, 2.24) is 10.6 Å². The van der Waals surface area contributed by atoms with Gasteiger partial charge in [0.1, 0.15) is 0 Å². The van der Waals surface area contributed by atoms with Gasteiger partial charge in [-0.2, -0.15) is 0 Å². The van der Waals surface area contributed by atoms with E-state index in [0.717, 1.165) is 51.4 Å². The van der Waals surface area contributed by atoms with Crippen molar-refractivity contribution in [2.45, 2.75) is 45.6 Å². The van der Waals surface area contributed by atoms with Crippen molar-refractivity contribution < 1.29 is 4.74 Å². The number of ether oxygens (including phenoxy) is 1. The zero-order valence-corrected chi connectivity index (χ0v) is 14.3. The van der Waals surface area contributed by atoms with Gasteiger partial charge in [0.25, 0.3) is 0 Å². The van der Waals surface area contributed by atoms with Crippen LogP contribution in [0.25, 0.3) is 0 Å². The van der Waals surface area contributed by atoms with Gasteiger partial charge in [0, 0.05) is 32.8 Å². The van der Waals surface area contributed by atoms with Crippen molar-refractivity contribution in [1.29, 1.82) is 0 Å². The number of nitrogens with one attached hydrogen (secondary N) is 2. The van der Waals surface area contributed by atoms with Crippen LogP contribution in [0.3, 0.4) is 0 Å². The van der Waals surface area contributed by atoms with Gasteiger partial charge in [-0.05, 0) is 45.1 Å². The van der Waals surface area contributed by atoms with E-state index in [4.69, 9.17) is 4.74 Å². The Morgan fingerprint density at radius 3 is 2.68 bits per heavy atom. The average Bonchev–Trinajstić information content (AvgIpc) is 2.56. The highest BCUT2D eigenvalue weighted by Gasteiger charge is 2.05. The molecule has 0 radical (unpaired) electrons. The fourth-order valence-electron chi connectivity index (χ4n) is 2.21. The predicted octanol–water partition coefficient (Wildman–Crippen LogP) is 2.99. The monoisotopic (exact) mass is 305 g/mol. The summed E-state index contributed by atoms with van der Waals surface area (Å²) >= 11 is 0. The molecule has 1 aromatic rings. The summed E-state index contributed by atoms with van der Waals surface area (Å²) in [6.45, 7) is 6.80. The molecular weight excluding hydrogens is 274 g/mol. The molecule has 0 aliphatic rings. The third-order valence-corrected chi connectivity index (χ3v) is 3.53. The minimum atomic E-state index is 0.398. The van der Waals surface area contributed by atoms with Gasteiger partial charge in [-0.3, -0.25) is 4.99 Å². The Morgan fingerprint density at radius 1 is 1.23 bits per heavy atom. The standard InChI is InChI=1S/C18H31N3O/c1-4-22-15-9-8-14-20-18(19-3)21-16(2)12-13-17-10-6-5-7-11-17/h5-7,10-11,16H,4,8-9,12-15H2,1-3H3,(H2,19,20,21). The molecule has 4 heteroatoms. The van der Waals surface area contributed by atoms with Crippen LogP contribution in [0.5, 0.6) is 0 Å². The first-order chi connectivity index (χ1) is 10.8. The smallest absolute Gasteiger partial charge is 0.191 e. The summed E-state index contributed by atoms with van der Waals surface area (Å²) in [6, 6.07) is 11.0. The van der Waals surface area contributed by atoms with E-state index in [1.165, 1.54) is 5.56 Å². The number of guanidine groups is 1. The fraction of sp³-hybridized carbons (Fsp3) is 0.611. The van der Waals surface area contributed by atoms with Crippen molar-refractivity contribution in [3.8, 4) is 0 Å². The predicted molar refractivity (Wildman–Crippen MR) is 94.4 cm³/mol. The summed E-state index contributed by atoms with van der Waals surface area (Å²) in [5, 5.41) is 6.81. The Balaban J connectivity index is 2.16. The van der Waals surface area contributed by atoms with Crippen LogP contribution in [0.15, 0.2) is 35.3 Å². The molecule has 0 heterocycles. The third-order valence-electron chi connectivity index (χ3n) is 3.53. The maximum atomic E-state index is 5.33. The van der Waals surface area contributed by atoms with Crippen molar-refractivity contribution in [2.75, 3.05) is 26.8 Å². The first-order valence-electron chi connectivity index (χ1n) is 8.35. The SMILES string of the molecule is CCOCCCCNC(=NC)NC(C)CCc1ccccc1. The largest absolute Gasteiger partial charge is 0.382 e. The molecule has 1 unspecified atom stereocenters. The van der Waals surface area contributed by atoms with Crippen LogP contribution < -0.4 is 10.6 Å². The van der Waals surface area contributed by atoms with Crippen LogP contribution in [-0.4, -0.2) is 38.8 Å². The van der Waals surface area contributed by atoms with Crippen LogP contribution in [0, 0.1) is 0 Å². The van der Waals surface area contributed by atoms with E-state index in [9.17, 15) is 0 Å². The number of aliphatic imine (C=N–C) groups is 1. The Kier molecular flexibility index (Phi) is 10.1. The van der Waals surface area contributed by atoms with Crippen LogP contribution in [0.2, 0.25) is 0 Å². The van der Waals surface area contributed by atoms with Gasteiger partial charge in [-0.1, -0.05) is 30.3 Å². The summed E-state index contributed by atoms with van der Waals surface area (Å²) in [4.78, 5) is 4.28. The Bertz CT molecular complexity index is 406. The number of benzene rings is 1. The van der Waals surface area contributed by atoms with E-state index < -0.39 is 0 Å². The molecule has 2 N–H and O–H groups in total. The topological polar surface area (TPSA) is 45.6 Å². The summed E-state index contributed by atoms with van der Waals surface area (Å²) in [7, 11) is 1.82. The second-order valence-electron chi connectivity index (χ2n) is 5.47. The second-order valence-corrected chi connectivity index (χ2v) is 5.47. The van der Waals surface area contributed by atoms with Crippen molar-refractivity contribution in [3.63, 3.8) is 0 Å². The molecule has 22 heavy (non-hydrogen) atoms. The number of hydrogen-bond donors (Lipinski definition) is 2. The molecule has 0 amide bonds. The molecule has 0 saturated heterocycles. The summed E-state index contributed by atoms with van der Waals surface area (Å²) in [6.07, 6.45) is 4.36. The lowest BCUT2D eigenvalue weighted by molar-refractivity contribution is 0.143. The number of hydrogen-bond acceptors (Lipinski definition) is 2. The second kappa shape index (κ2) is 12.0. The van der Waals surface area contributed by atoms with Gasteiger partial charge in [0.05, 0.1) is 0 Å². The molecule has 4 nitrogen and oxygen atoms in total. The van der Waals surface area contributed by atoms with E-state index in [-0.39, 0.29) is 0 Å². The average molecular weight is 305 g/mol. The number of nitrogens with zero attached hydrogens (tertiary/aromatic N) is 1. The minimum absolute atomic E-state index is 0.398. The molecule has 0 saturated carbocycles. The fourth-order valence-corrected chi connectivity index (χ4v) is 2.21. The maximum absolute atomic E-state index is 5.33. The third kappa shape index (κ3) is 8.67. The lowest BCUT2D eigenvalue weighted by Crippen LogP contribution is -2.42. The lowest BCUT2D eigenvalue weighted by Gasteiger charge is -2.18. The van der Waals surface area contributed by atoms with Crippen LogP contribution in [-0.2, 0) is 11.2 Å². The van der Waals surface area contributed by atoms with Crippen molar-refractivity contribution in [2.24, 2.45) is 4.99 Å². The van der Waals surface area contributed by atoms with Crippen LogP contribution in [0.4, 0.5) is 0 Å². The first kappa shape index (κ1) is 18.5. The quantitative estimate of drug-likeness (QED) is 0.397. The zero-order valence-electron chi connectivity index (χ0n) is 14.3. The van der Waals surface area contributed by atoms with E-state index in [2.05, 4.69) is 52.9 Å². The summed E-state index contributed by atoms with van der Waals surface area (Å²) < 4.78 is 5.33. The zero-order chi connectivity index (χ0) is 16.0. The Labute approximate surface area is 135 Å². The summed E-state index contributed by atoms with van der Waals surface area (Å²) in [5.74, 6) is 0.886. The molecule has 1 rings (SSSR count). The molecule has 0 aliphatic heterocycles. The van der Waals surface area contributed by atoms with E-state index in [1.54, 1.807) is 0 Å². The molecule has 0 aromatic heterocycles. The van der Waals surface area contributed by atoms with Crippen molar-refractivity contribution >= 4 is 5.96 Å². The molecule has 0 spiro atoms. The normalized spacial score (nSPS) is 13.0. The van der Waals surface area contributed by atoms with E-state index >= 15 is 0 Å². The van der Waals surface area contributed by atoms with Crippen LogP contribution in [0.1, 0.15) is 38.7 Å². The van der Waals surface area contributed by atoms with Gasteiger partial charge < -0.3 is 15.4 Å². The molecule has 0 fully saturated rings. The molecule has 1 aromatic carbocycles. The van der Waals surface area contributed by atoms with Crippen molar-refractivity contribution in [3.05, 3.63) is 35.9 Å². The van der Waals surface area contributed by atoms with Gasteiger partial charge in [0.15, 0.2) is 5.96 Å². The van der Waals surface area contributed by atoms with E-state index in [1.807, 2.05) is 14.0 Å². The molecular formula is C18H31N3O. The Hall–Kier alpha value is -1.55. The number of rotatable bonds is 10. The minimum Gasteiger partial charge on any atom is -0.382 e. The lowest BCUT2D eigenvalue weighted by atomic mass is 10.1. The molecule has 1 atom stereocenters. The molecule has 0 bridgehead atoms. The van der Waals surface area contributed by atoms with Crippen LogP contribution >= 0.6 is 0 Å². The van der Waals surface area contributed by atoms with Gasteiger partial charge in [-0.15, -0.1) is 0 Å². The molecule has 124 valence electrons. The molecule has 0 aliphatic carbocycles. The first-order valence-corrected chi connectivity index (χ1v) is 8.35. The summed E-state index contributed by atoms with van der Waals surface area (Å²) in [5.41, 5.74) is 1.38. The highest BCUT2D eigenvalue weighted by atomic mass is 16.5. The highest BCUT2D eigenvalue weighted by molar-refractivity contribution is 5.79. The Morgan fingerprint density at radius 2 is 2.00 bits per heavy atom. The van der Waals surface area contributed by atoms with E-state index in [0.29, 0.717) is 6.04 Å². The number of aryl methyl sites for hydroxylation is 1. The van der Waals surface area contributed by atoms with Gasteiger partial charge in [0.2, 0.25) is 0 Å². The number of unbranched alkanes of at least 4 members (excludes halogenated alkanes) is 1. The van der Waals surface area contributed by atoms with Gasteiger partial charge in [-0.25, -0.2) is 0 Å². The maximum Gasteiger partial charge on any atom is 0.191 e. The highest BCUT2D eigenvalue weighted by Crippen LogP contribution is 2.04. The van der Waals surface area contributed by atoms with Gasteiger partial charge >= 0.3 is 0 Å².